The largest absolute Gasteiger partial charge is 0.394 e. The van der Waals surface area contributed by atoms with Crippen LogP contribution in [0.4, 0.5) is 0 Å². The molecule has 1 amide bonds. The van der Waals surface area contributed by atoms with Gasteiger partial charge in [0.05, 0.1) is 38.6 Å². The van der Waals surface area contributed by atoms with Gasteiger partial charge in [0.2, 0.25) is 5.91 Å². The summed E-state index contributed by atoms with van der Waals surface area (Å²) in [7, 11) is 0. The first-order valence-corrected chi connectivity index (χ1v) is 43.3. The topological polar surface area (TPSA) is 307 Å². The van der Waals surface area contributed by atoms with E-state index in [2.05, 4.69) is 92.1 Å². The molecule has 0 radical (unpaired) electrons. The molecule has 17 atom stereocenters. The van der Waals surface area contributed by atoms with Crippen molar-refractivity contribution in [3.63, 3.8) is 0 Å². The van der Waals surface area contributed by atoms with E-state index in [4.69, 9.17) is 28.4 Å². The van der Waals surface area contributed by atoms with Crippen LogP contribution in [0.5, 0.6) is 0 Å². The Kier molecular flexibility index (Phi) is 61.9. The maximum absolute atomic E-state index is 13.5. The third kappa shape index (κ3) is 46.7. The first-order chi connectivity index (χ1) is 52.3. The number of unbranched alkanes of at least 4 members (excludes halogenated alkanes) is 41. The van der Waals surface area contributed by atoms with Crippen LogP contribution in [0.3, 0.4) is 0 Å². The van der Waals surface area contributed by atoms with E-state index in [1.165, 1.54) is 231 Å². The SMILES string of the molecule is CC/C=C\C/C=C\C/C=C\C/C=C\C/C=C\CCCCCCCCCCCCCCCCCCCCCCCC(=O)NC(COC1OC(CO)C(OC2OC(CO)C(OC3OC(CO)C(O)C(O)C3O)C(O)C2O)C(O)C1O)C(O)/C=C/CC/C=C/CCCCCCCCCCCCCCCCCCCCC. The summed E-state index contributed by atoms with van der Waals surface area (Å²) in [5, 5.41) is 121. The minimum absolute atomic E-state index is 0.236. The number of carbonyl (C=O) groups excluding carboxylic acids is 1. The average Bonchev–Trinajstić information content (AvgIpc) is 0.781. The van der Waals surface area contributed by atoms with Crippen molar-refractivity contribution in [3.05, 3.63) is 85.1 Å². The zero-order valence-corrected chi connectivity index (χ0v) is 66.9. The summed E-state index contributed by atoms with van der Waals surface area (Å²) < 4.78 is 34.5. The minimum atomic E-state index is -1.98. The van der Waals surface area contributed by atoms with Gasteiger partial charge in [-0.2, -0.15) is 0 Å². The fourth-order valence-corrected chi connectivity index (χ4v) is 14.3. The van der Waals surface area contributed by atoms with Crippen molar-refractivity contribution < 1.29 is 89.4 Å². The monoisotopic (exact) mass is 1520 g/mol. The number of carbonyl (C=O) groups is 1. The van der Waals surface area contributed by atoms with E-state index in [-0.39, 0.29) is 18.9 Å². The quantitative estimate of drug-likeness (QED) is 0.0199. The first-order valence-electron chi connectivity index (χ1n) is 43.3. The van der Waals surface area contributed by atoms with E-state index < -0.39 is 124 Å². The third-order valence-electron chi connectivity index (χ3n) is 21.2. The molecule has 0 saturated carbocycles. The Morgan fingerprint density at radius 3 is 1.05 bits per heavy atom. The molecule has 3 aliphatic rings. The zero-order valence-electron chi connectivity index (χ0n) is 66.9. The predicted octanol–water partition coefficient (Wildman–Crippen LogP) is 15.7. The van der Waals surface area contributed by atoms with Crippen LogP contribution in [0.25, 0.3) is 0 Å². The Morgan fingerprint density at radius 1 is 0.346 bits per heavy atom. The van der Waals surface area contributed by atoms with Crippen LogP contribution >= 0.6 is 0 Å². The molecule has 0 aliphatic carbocycles. The molecule has 0 aromatic carbocycles. The number of aliphatic hydroxyl groups excluding tert-OH is 11. The van der Waals surface area contributed by atoms with Gasteiger partial charge in [-0.1, -0.05) is 336 Å². The van der Waals surface area contributed by atoms with Crippen molar-refractivity contribution in [1.82, 2.24) is 5.32 Å². The van der Waals surface area contributed by atoms with Crippen molar-refractivity contribution in [2.45, 2.75) is 439 Å². The third-order valence-corrected chi connectivity index (χ3v) is 21.2. The summed E-state index contributed by atoms with van der Waals surface area (Å²) in [5.74, 6) is -0.281. The highest BCUT2D eigenvalue weighted by Crippen LogP contribution is 2.33. The van der Waals surface area contributed by atoms with Gasteiger partial charge in [0.1, 0.15) is 73.2 Å². The Balaban J connectivity index is 1.33. The van der Waals surface area contributed by atoms with Crippen LogP contribution < -0.4 is 5.32 Å². The lowest BCUT2D eigenvalue weighted by Crippen LogP contribution is -2.66. The number of hydrogen-bond acceptors (Lipinski definition) is 18. The van der Waals surface area contributed by atoms with Gasteiger partial charge in [0.15, 0.2) is 18.9 Å². The Labute approximate surface area is 648 Å². The van der Waals surface area contributed by atoms with Crippen LogP contribution in [0.1, 0.15) is 335 Å². The molecular formula is C88H157NO18. The maximum Gasteiger partial charge on any atom is 0.220 e. The van der Waals surface area contributed by atoms with Crippen molar-refractivity contribution in [2.75, 3.05) is 26.4 Å². The maximum atomic E-state index is 13.5. The molecule has 17 unspecified atom stereocenters. The molecule has 107 heavy (non-hydrogen) atoms. The number of hydrogen-bond donors (Lipinski definition) is 12. The molecule has 12 N–H and O–H groups in total. The highest BCUT2D eigenvalue weighted by Gasteiger charge is 2.54. The summed E-state index contributed by atoms with van der Waals surface area (Å²) in [6, 6.07) is -0.994. The highest BCUT2D eigenvalue weighted by molar-refractivity contribution is 5.76. The number of amides is 1. The van der Waals surface area contributed by atoms with Crippen LogP contribution in [-0.4, -0.2) is 193 Å². The van der Waals surface area contributed by atoms with Crippen LogP contribution in [0.2, 0.25) is 0 Å². The predicted molar refractivity (Wildman–Crippen MR) is 429 cm³/mol. The molecular weight excluding hydrogens is 1360 g/mol. The zero-order chi connectivity index (χ0) is 77.4. The van der Waals surface area contributed by atoms with Gasteiger partial charge in [-0.05, 0) is 77.0 Å². The van der Waals surface area contributed by atoms with E-state index in [0.717, 1.165) is 70.6 Å². The lowest BCUT2D eigenvalue weighted by atomic mass is 9.96. The van der Waals surface area contributed by atoms with Crippen molar-refractivity contribution in [1.29, 1.82) is 0 Å². The van der Waals surface area contributed by atoms with Gasteiger partial charge < -0.3 is 89.9 Å². The lowest BCUT2D eigenvalue weighted by Gasteiger charge is -2.48. The molecule has 3 saturated heterocycles. The summed E-state index contributed by atoms with van der Waals surface area (Å²) >= 11 is 0. The molecule has 19 heteroatoms. The van der Waals surface area contributed by atoms with E-state index in [0.29, 0.717) is 12.8 Å². The standard InChI is InChI=1S/C88H157NO18/c1-3-5-7-9-11-13-15-17-19-21-23-25-27-29-30-31-32-33-34-35-36-37-38-39-40-42-44-46-48-50-52-54-56-58-60-62-64-66-76(94)89-71(72(93)65-63-61-59-57-55-53-51-49-47-45-43-41-28-26-24-22-20-18-16-14-12-10-8-6-4-2)70-102-86-82(100)79(97)84(74(68-91)104-86)107-88-83(101)80(98)85(75(69-92)105-88)106-87-81(99)78(96)77(95)73(67-90)103-87/h5,7,11,13,17,19,23,25,29-30,55,57,63,65,71-75,77-88,90-93,95-101H,3-4,6,8-10,12,14-16,18,20-22,24,26-28,31-54,56,58-62,64,66-70H2,1-2H3,(H,89,94)/b7-5-,13-11-,19-17-,25-23-,30-29-,57-55+,65-63+. The Morgan fingerprint density at radius 2 is 0.654 bits per heavy atom. The molecule has 622 valence electrons. The van der Waals surface area contributed by atoms with Gasteiger partial charge in [0.25, 0.3) is 0 Å². The van der Waals surface area contributed by atoms with Gasteiger partial charge in [-0.15, -0.1) is 0 Å². The summed E-state index contributed by atoms with van der Waals surface area (Å²) in [6.07, 6.45) is 64.4. The molecule has 0 spiro atoms. The second-order valence-corrected chi connectivity index (χ2v) is 30.6. The second kappa shape index (κ2) is 67.5. The molecule has 3 aliphatic heterocycles. The van der Waals surface area contributed by atoms with E-state index >= 15 is 0 Å². The molecule has 3 rings (SSSR count). The minimum Gasteiger partial charge on any atom is -0.394 e. The lowest BCUT2D eigenvalue weighted by molar-refractivity contribution is -0.379. The van der Waals surface area contributed by atoms with Crippen molar-refractivity contribution in [3.8, 4) is 0 Å². The number of rotatable bonds is 69. The van der Waals surface area contributed by atoms with Crippen molar-refractivity contribution in [2.24, 2.45) is 0 Å². The van der Waals surface area contributed by atoms with Crippen LogP contribution in [0, 0.1) is 0 Å². The average molecular weight is 1520 g/mol. The molecule has 3 fully saturated rings. The van der Waals surface area contributed by atoms with E-state index in [1.807, 2.05) is 6.08 Å². The fraction of sp³-hybridized carbons (Fsp3) is 0.830. The number of aliphatic hydroxyl groups is 11. The number of nitrogens with one attached hydrogen (secondary N) is 1. The Hall–Kier alpha value is -3.03. The van der Waals surface area contributed by atoms with Gasteiger partial charge >= 0.3 is 0 Å². The summed E-state index contributed by atoms with van der Waals surface area (Å²) in [5.41, 5.74) is 0. The van der Waals surface area contributed by atoms with Gasteiger partial charge in [-0.3, -0.25) is 4.79 Å². The smallest absolute Gasteiger partial charge is 0.220 e. The molecule has 19 nitrogen and oxygen atoms in total. The van der Waals surface area contributed by atoms with Crippen LogP contribution in [0.15, 0.2) is 85.1 Å². The normalized spacial score (nSPS) is 25.9. The number of ether oxygens (including phenoxy) is 6. The summed E-state index contributed by atoms with van der Waals surface area (Å²) in [4.78, 5) is 13.5. The van der Waals surface area contributed by atoms with Crippen molar-refractivity contribution >= 4 is 5.91 Å². The van der Waals surface area contributed by atoms with Crippen LogP contribution in [-0.2, 0) is 33.2 Å². The van der Waals surface area contributed by atoms with E-state index in [1.54, 1.807) is 6.08 Å². The molecule has 0 bridgehead atoms. The summed E-state index contributed by atoms with van der Waals surface area (Å²) in [6.45, 7) is 1.65. The number of allylic oxidation sites excluding steroid dienone is 13. The first kappa shape index (κ1) is 98.2. The Bertz CT molecular complexity index is 2260. The van der Waals surface area contributed by atoms with Gasteiger partial charge in [0, 0.05) is 6.42 Å². The molecule has 0 aromatic heterocycles. The molecule has 0 aromatic rings. The highest BCUT2D eigenvalue weighted by atomic mass is 16.8. The van der Waals surface area contributed by atoms with Gasteiger partial charge in [-0.25, -0.2) is 0 Å². The van der Waals surface area contributed by atoms with E-state index in [9.17, 15) is 61.0 Å². The second-order valence-electron chi connectivity index (χ2n) is 30.6. The fourth-order valence-electron chi connectivity index (χ4n) is 14.3. The molecule has 3 heterocycles.